The molecule has 0 saturated carbocycles. The Morgan fingerprint density at radius 3 is 1.85 bits per heavy atom. The summed E-state index contributed by atoms with van der Waals surface area (Å²) >= 11 is 0. The van der Waals surface area contributed by atoms with Gasteiger partial charge in [-0.25, -0.2) is 0 Å². The van der Waals surface area contributed by atoms with Crippen LogP contribution in [0.5, 0.6) is 0 Å². The minimum atomic E-state index is -2.80. The summed E-state index contributed by atoms with van der Waals surface area (Å²) in [6.45, 7) is 6.49. The van der Waals surface area contributed by atoms with Crippen molar-refractivity contribution in [3.05, 3.63) is 60.7 Å². The van der Waals surface area contributed by atoms with E-state index in [2.05, 4.69) is 45.0 Å². The average Bonchev–Trinajstić information content (AvgIpc) is 2.66. The van der Waals surface area contributed by atoms with Gasteiger partial charge in [0.15, 0.2) is 0 Å². The minimum absolute atomic E-state index is 0.0553. The van der Waals surface area contributed by atoms with E-state index in [-0.39, 0.29) is 23.8 Å². The van der Waals surface area contributed by atoms with Gasteiger partial charge in [0, 0.05) is 6.42 Å². The van der Waals surface area contributed by atoms with Gasteiger partial charge in [0.05, 0.1) is 19.6 Å². The maximum atomic E-state index is 11.9. The van der Waals surface area contributed by atoms with Gasteiger partial charge in [0.2, 0.25) is 0 Å². The first kappa shape index (κ1) is 21.1. The molecule has 0 fully saturated rings. The number of methoxy groups -OCH3 is 1. The Labute approximate surface area is 162 Å². The van der Waals surface area contributed by atoms with Crippen molar-refractivity contribution in [3.63, 3.8) is 0 Å². The van der Waals surface area contributed by atoms with Crippen LogP contribution in [0.25, 0.3) is 0 Å². The van der Waals surface area contributed by atoms with Crippen LogP contribution in [0.2, 0.25) is 5.04 Å². The number of carbonyl (C=O) groups is 2. The molecule has 0 aliphatic carbocycles. The summed E-state index contributed by atoms with van der Waals surface area (Å²) < 4.78 is 11.6. The van der Waals surface area contributed by atoms with Gasteiger partial charge in [0.1, 0.15) is 6.29 Å². The summed E-state index contributed by atoms with van der Waals surface area (Å²) in [4.78, 5) is 23.2. The molecule has 0 heterocycles. The molecule has 4 nitrogen and oxygen atoms in total. The molecule has 0 unspecified atom stereocenters. The lowest BCUT2D eigenvalue weighted by atomic mass is 10.2. The predicted octanol–water partition coefficient (Wildman–Crippen LogP) is 3.08. The Hall–Kier alpha value is -2.24. The van der Waals surface area contributed by atoms with Crippen LogP contribution in [0.15, 0.2) is 60.7 Å². The molecule has 5 heteroatoms. The molecule has 0 spiro atoms. The smallest absolute Gasteiger partial charge is 0.308 e. The van der Waals surface area contributed by atoms with E-state index in [1.807, 2.05) is 36.4 Å². The number of hydrogen-bond donors (Lipinski definition) is 0. The third-order valence-electron chi connectivity index (χ3n) is 4.74. The Morgan fingerprint density at radius 2 is 1.48 bits per heavy atom. The van der Waals surface area contributed by atoms with Crippen molar-refractivity contribution in [2.45, 2.75) is 44.8 Å². The van der Waals surface area contributed by atoms with E-state index >= 15 is 0 Å². The highest BCUT2D eigenvalue weighted by molar-refractivity contribution is 6.99. The van der Waals surface area contributed by atoms with E-state index < -0.39 is 14.4 Å². The molecule has 0 bridgehead atoms. The number of esters is 1. The quantitative estimate of drug-likeness (QED) is 0.399. The fourth-order valence-electron chi connectivity index (χ4n) is 3.49. The fourth-order valence-corrected chi connectivity index (χ4v) is 8.19. The minimum Gasteiger partial charge on any atom is -0.469 e. The summed E-state index contributed by atoms with van der Waals surface area (Å²) in [7, 11) is -1.45. The number of ether oxygens (including phenoxy) is 1. The van der Waals surface area contributed by atoms with Gasteiger partial charge in [0.25, 0.3) is 8.32 Å². The summed E-state index contributed by atoms with van der Waals surface area (Å²) in [5.41, 5.74) is 0. The summed E-state index contributed by atoms with van der Waals surface area (Å²) in [5.74, 6) is -0.375. The van der Waals surface area contributed by atoms with Crippen molar-refractivity contribution < 1.29 is 18.8 Å². The molecule has 0 radical (unpaired) electrons. The Bertz CT molecular complexity index is 698. The lowest BCUT2D eigenvalue weighted by molar-refractivity contribution is -0.142. The van der Waals surface area contributed by atoms with Crippen LogP contribution in [0.3, 0.4) is 0 Å². The van der Waals surface area contributed by atoms with E-state index in [1.165, 1.54) is 7.11 Å². The van der Waals surface area contributed by atoms with Crippen molar-refractivity contribution in [2.24, 2.45) is 0 Å². The van der Waals surface area contributed by atoms with Gasteiger partial charge < -0.3 is 14.0 Å². The molecule has 0 aliphatic rings. The third kappa shape index (κ3) is 4.73. The van der Waals surface area contributed by atoms with E-state index in [0.717, 1.165) is 16.7 Å². The predicted molar refractivity (Wildman–Crippen MR) is 110 cm³/mol. The second kappa shape index (κ2) is 9.11. The summed E-state index contributed by atoms with van der Waals surface area (Å²) in [6.07, 6.45) is 0.492. The maximum absolute atomic E-state index is 11.9. The average molecular weight is 385 g/mol. The van der Waals surface area contributed by atoms with Crippen LogP contribution in [0.1, 0.15) is 33.6 Å². The second-order valence-electron chi connectivity index (χ2n) is 7.59. The van der Waals surface area contributed by atoms with Gasteiger partial charge in [-0.3, -0.25) is 4.79 Å². The van der Waals surface area contributed by atoms with E-state index in [9.17, 15) is 9.59 Å². The Morgan fingerprint density at radius 1 is 1.00 bits per heavy atom. The highest BCUT2D eigenvalue weighted by Gasteiger charge is 2.51. The van der Waals surface area contributed by atoms with Crippen molar-refractivity contribution >= 4 is 30.9 Å². The van der Waals surface area contributed by atoms with E-state index in [4.69, 9.17) is 9.16 Å². The van der Waals surface area contributed by atoms with Gasteiger partial charge in [-0.1, -0.05) is 81.4 Å². The number of hydrogen-bond acceptors (Lipinski definition) is 4. The first-order valence-corrected chi connectivity index (χ1v) is 11.0. The molecule has 0 aliphatic heterocycles. The van der Waals surface area contributed by atoms with Crippen LogP contribution in [0.4, 0.5) is 0 Å². The molecule has 0 saturated heterocycles. The zero-order valence-electron chi connectivity index (χ0n) is 16.5. The number of carbonyl (C=O) groups excluding carboxylic acids is 2. The zero-order valence-corrected chi connectivity index (χ0v) is 17.5. The highest BCUT2D eigenvalue weighted by atomic mass is 28.4. The van der Waals surface area contributed by atoms with Crippen molar-refractivity contribution in [2.75, 3.05) is 7.11 Å². The molecule has 0 aromatic heterocycles. The van der Waals surface area contributed by atoms with Gasteiger partial charge in [-0.2, -0.15) is 0 Å². The van der Waals surface area contributed by atoms with Crippen LogP contribution >= 0.6 is 0 Å². The summed E-state index contributed by atoms with van der Waals surface area (Å²) in [5, 5.41) is 2.02. The maximum Gasteiger partial charge on any atom is 0.308 e. The van der Waals surface area contributed by atoms with Crippen molar-refractivity contribution in [1.29, 1.82) is 0 Å². The molecule has 2 aromatic carbocycles. The SMILES string of the molecule is COC(=O)C[C@H](CC=O)O[Si](c1ccccc1)(c1ccccc1)C(C)(C)C. The largest absolute Gasteiger partial charge is 0.469 e. The lowest BCUT2D eigenvalue weighted by Gasteiger charge is -2.45. The topological polar surface area (TPSA) is 52.6 Å². The van der Waals surface area contributed by atoms with Gasteiger partial charge in [-0.05, 0) is 15.4 Å². The normalized spacial score (nSPS) is 13.0. The number of aldehydes is 1. The molecule has 144 valence electrons. The zero-order chi connectivity index (χ0) is 19.9. The molecule has 2 rings (SSSR count). The Kier molecular flexibility index (Phi) is 7.10. The van der Waals surface area contributed by atoms with Crippen LogP contribution in [0, 0.1) is 0 Å². The van der Waals surface area contributed by atoms with Crippen LogP contribution in [-0.2, 0) is 18.8 Å². The molecular weight excluding hydrogens is 356 g/mol. The monoisotopic (exact) mass is 384 g/mol. The molecular formula is C22H28O4Si. The molecule has 2 aromatic rings. The third-order valence-corrected chi connectivity index (χ3v) is 9.83. The molecule has 27 heavy (non-hydrogen) atoms. The second-order valence-corrected chi connectivity index (χ2v) is 11.8. The van der Waals surface area contributed by atoms with Crippen molar-refractivity contribution in [3.8, 4) is 0 Å². The van der Waals surface area contributed by atoms with E-state index in [1.54, 1.807) is 0 Å². The standard InChI is InChI=1S/C22H28O4Si/c1-22(2,3)27(19-11-7-5-8-12-19,20-13-9-6-10-14-20)26-18(15-16-23)17-21(24)25-4/h5-14,16,18H,15,17H2,1-4H3/t18-/m0/s1. The highest BCUT2D eigenvalue weighted by Crippen LogP contribution is 2.38. The van der Waals surface area contributed by atoms with Gasteiger partial charge >= 0.3 is 5.97 Å². The first-order valence-electron chi connectivity index (χ1n) is 9.14. The fraction of sp³-hybridized carbons (Fsp3) is 0.364. The lowest BCUT2D eigenvalue weighted by Crippen LogP contribution is -2.67. The molecule has 0 N–H and O–H groups in total. The number of benzene rings is 2. The first-order chi connectivity index (χ1) is 12.8. The van der Waals surface area contributed by atoms with Crippen LogP contribution in [-0.4, -0.2) is 33.8 Å². The number of rotatable bonds is 8. The molecule has 1 atom stereocenters. The van der Waals surface area contributed by atoms with Crippen molar-refractivity contribution in [1.82, 2.24) is 0 Å². The summed E-state index contributed by atoms with van der Waals surface area (Å²) in [6, 6.07) is 20.3. The van der Waals surface area contributed by atoms with E-state index in [0.29, 0.717) is 0 Å². The molecule has 0 amide bonds. The Balaban J connectivity index is 2.64. The van der Waals surface area contributed by atoms with Crippen LogP contribution < -0.4 is 10.4 Å². The van der Waals surface area contributed by atoms with Gasteiger partial charge in [-0.15, -0.1) is 0 Å².